The Bertz CT molecular complexity index is 260. The van der Waals surface area contributed by atoms with Gasteiger partial charge in [0.1, 0.15) is 0 Å². The first kappa shape index (κ1) is 9.46. The predicted octanol–water partition coefficient (Wildman–Crippen LogP) is 3.03. The van der Waals surface area contributed by atoms with Crippen LogP contribution in [-0.2, 0) is 11.3 Å². The minimum Gasteiger partial charge on any atom is -0.376 e. The van der Waals surface area contributed by atoms with Crippen LogP contribution < -0.4 is 0 Å². The van der Waals surface area contributed by atoms with Gasteiger partial charge in [0.15, 0.2) is 0 Å². The molecule has 1 aromatic rings. The molecule has 2 rings (SSSR count). The van der Waals surface area contributed by atoms with Gasteiger partial charge in [0.05, 0.1) is 13.2 Å². The van der Waals surface area contributed by atoms with E-state index in [4.69, 9.17) is 4.74 Å². The Labute approximate surface area is 92.6 Å². The summed E-state index contributed by atoms with van der Waals surface area (Å²) in [6, 6.07) is 10.3. The lowest BCUT2D eigenvalue weighted by molar-refractivity contribution is 0.112. The number of rotatable bonds is 4. The zero-order chi connectivity index (χ0) is 9.10. The summed E-state index contributed by atoms with van der Waals surface area (Å²) in [5.41, 5.74) is 1.27. The second kappa shape index (κ2) is 4.42. The molecule has 70 valence electrons. The molecular formula is C11H13IO. The maximum Gasteiger partial charge on any atom is 0.0717 e. The lowest BCUT2D eigenvalue weighted by atomic mass is 10.2. The number of halogens is 1. The van der Waals surface area contributed by atoms with Gasteiger partial charge in [-0.1, -0.05) is 52.9 Å². The predicted molar refractivity (Wildman–Crippen MR) is 62.0 cm³/mol. The summed E-state index contributed by atoms with van der Waals surface area (Å²) in [5, 5.41) is 0. The first-order valence-corrected chi connectivity index (χ1v) is 5.86. The highest BCUT2D eigenvalue weighted by molar-refractivity contribution is 14.1. The highest BCUT2D eigenvalue weighted by atomic mass is 127. The van der Waals surface area contributed by atoms with Crippen molar-refractivity contribution in [3.63, 3.8) is 0 Å². The molecule has 0 spiro atoms. The summed E-state index contributed by atoms with van der Waals surface area (Å²) in [4.78, 5) is 0. The molecule has 2 heteroatoms. The quantitative estimate of drug-likeness (QED) is 0.611. The minimum absolute atomic E-state index is 0.765. The van der Waals surface area contributed by atoms with Crippen molar-refractivity contribution < 1.29 is 4.74 Å². The van der Waals surface area contributed by atoms with Crippen LogP contribution in [0.1, 0.15) is 12.0 Å². The number of benzene rings is 1. The lowest BCUT2D eigenvalue weighted by Crippen LogP contribution is -1.98. The third kappa shape index (κ3) is 2.95. The van der Waals surface area contributed by atoms with E-state index in [1.54, 1.807) is 0 Å². The number of alkyl halides is 1. The van der Waals surface area contributed by atoms with E-state index in [1.807, 2.05) is 6.07 Å². The minimum atomic E-state index is 0.765. The van der Waals surface area contributed by atoms with Gasteiger partial charge in [-0.2, -0.15) is 0 Å². The zero-order valence-electron chi connectivity index (χ0n) is 7.45. The topological polar surface area (TPSA) is 9.23 Å². The Balaban J connectivity index is 1.68. The second-order valence-corrected chi connectivity index (χ2v) is 5.11. The molecule has 0 aromatic heterocycles. The molecule has 0 aliphatic heterocycles. The van der Waals surface area contributed by atoms with Crippen molar-refractivity contribution in [1.82, 2.24) is 0 Å². The van der Waals surface area contributed by atoms with Gasteiger partial charge < -0.3 is 4.74 Å². The molecule has 0 N–H and O–H groups in total. The summed E-state index contributed by atoms with van der Waals surface area (Å²) in [5.74, 6) is 0.823. The van der Waals surface area contributed by atoms with Crippen molar-refractivity contribution in [2.45, 2.75) is 17.0 Å². The molecule has 1 aromatic carbocycles. The van der Waals surface area contributed by atoms with Crippen molar-refractivity contribution in [2.75, 3.05) is 6.61 Å². The van der Waals surface area contributed by atoms with Crippen LogP contribution in [0, 0.1) is 5.92 Å². The first-order chi connectivity index (χ1) is 6.36. The molecule has 1 nitrogen and oxygen atoms in total. The molecule has 0 saturated heterocycles. The molecule has 1 aliphatic carbocycles. The van der Waals surface area contributed by atoms with Crippen molar-refractivity contribution in [2.24, 2.45) is 5.92 Å². The van der Waals surface area contributed by atoms with Gasteiger partial charge in [-0.25, -0.2) is 0 Å². The van der Waals surface area contributed by atoms with Gasteiger partial charge in [-0.05, 0) is 17.9 Å². The Hall–Kier alpha value is -0.0900. The van der Waals surface area contributed by atoms with E-state index in [0.29, 0.717) is 0 Å². The molecule has 0 heterocycles. The largest absolute Gasteiger partial charge is 0.376 e. The standard InChI is InChI=1S/C11H13IO/c12-11-6-10(11)8-13-7-9-4-2-1-3-5-9/h1-5,10-11H,6-8H2/t10-,11-/m1/s1. The zero-order valence-corrected chi connectivity index (χ0v) is 9.61. The van der Waals surface area contributed by atoms with Crippen LogP contribution in [0.5, 0.6) is 0 Å². The third-order valence-corrected chi connectivity index (χ3v) is 3.81. The smallest absolute Gasteiger partial charge is 0.0717 e. The Kier molecular flexibility index (Phi) is 3.22. The monoisotopic (exact) mass is 288 g/mol. The molecule has 0 unspecified atom stereocenters. The highest BCUT2D eigenvalue weighted by Crippen LogP contribution is 2.38. The van der Waals surface area contributed by atoms with Gasteiger partial charge in [0.25, 0.3) is 0 Å². The maximum absolute atomic E-state index is 5.61. The van der Waals surface area contributed by atoms with Crippen molar-refractivity contribution >= 4 is 22.6 Å². The second-order valence-electron chi connectivity index (χ2n) is 3.51. The van der Waals surface area contributed by atoms with Gasteiger partial charge in [-0.15, -0.1) is 0 Å². The molecular weight excluding hydrogens is 275 g/mol. The summed E-state index contributed by atoms with van der Waals surface area (Å²) >= 11 is 2.49. The molecule has 0 amide bonds. The van der Waals surface area contributed by atoms with Gasteiger partial charge in [-0.3, -0.25) is 0 Å². The summed E-state index contributed by atoms with van der Waals surface area (Å²) in [6.45, 7) is 1.70. The van der Waals surface area contributed by atoms with Crippen LogP contribution in [0.15, 0.2) is 30.3 Å². The fourth-order valence-corrected chi connectivity index (χ4v) is 2.15. The van der Waals surface area contributed by atoms with Crippen LogP contribution in [0.25, 0.3) is 0 Å². The van der Waals surface area contributed by atoms with Crippen LogP contribution in [-0.4, -0.2) is 10.5 Å². The molecule has 0 radical (unpaired) electrons. The highest BCUT2D eigenvalue weighted by Gasteiger charge is 2.34. The normalized spacial score (nSPS) is 25.9. The summed E-state index contributed by atoms with van der Waals surface area (Å²) < 4.78 is 6.48. The van der Waals surface area contributed by atoms with Crippen molar-refractivity contribution in [3.05, 3.63) is 35.9 Å². The van der Waals surface area contributed by atoms with Gasteiger partial charge in [0, 0.05) is 3.92 Å². The lowest BCUT2D eigenvalue weighted by Gasteiger charge is -2.02. The van der Waals surface area contributed by atoms with E-state index in [1.165, 1.54) is 12.0 Å². The Morgan fingerprint density at radius 2 is 2.00 bits per heavy atom. The first-order valence-electron chi connectivity index (χ1n) is 4.62. The Morgan fingerprint density at radius 1 is 1.31 bits per heavy atom. The summed E-state index contributed by atoms with van der Waals surface area (Å²) in [6.07, 6.45) is 1.34. The van der Waals surface area contributed by atoms with E-state index in [0.717, 1.165) is 23.1 Å². The van der Waals surface area contributed by atoms with Crippen molar-refractivity contribution in [3.8, 4) is 0 Å². The van der Waals surface area contributed by atoms with Crippen LogP contribution in [0.3, 0.4) is 0 Å². The summed E-state index contributed by atoms with van der Waals surface area (Å²) in [7, 11) is 0. The van der Waals surface area contributed by atoms with Crippen LogP contribution in [0.4, 0.5) is 0 Å². The number of hydrogen-bond donors (Lipinski definition) is 0. The molecule has 1 saturated carbocycles. The fraction of sp³-hybridized carbons (Fsp3) is 0.455. The van der Waals surface area contributed by atoms with E-state index in [-0.39, 0.29) is 0 Å². The van der Waals surface area contributed by atoms with Gasteiger partial charge >= 0.3 is 0 Å². The number of ether oxygens (including phenoxy) is 1. The average Bonchev–Trinajstić information content (AvgIpc) is 2.84. The van der Waals surface area contributed by atoms with Crippen LogP contribution >= 0.6 is 22.6 Å². The fourth-order valence-electron chi connectivity index (χ4n) is 1.29. The molecule has 13 heavy (non-hydrogen) atoms. The van der Waals surface area contributed by atoms with E-state index in [9.17, 15) is 0 Å². The Morgan fingerprint density at radius 3 is 2.62 bits per heavy atom. The van der Waals surface area contributed by atoms with E-state index < -0.39 is 0 Å². The molecule has 1 aliphatic rings. The van der Waals surface area contributed by atoms with Gasteiger partial charge in [0.2, 0.25) is 0 Å². The van der Waals surface area contributed by atoms with E-state index in [2.05, 4.69) is 46.9 Å². The number of hydrogen-bond acceptors (Lipinski definition) is 1. The molecule has 0 bridgehead atoms. The SMILES string of the molecule is I[C@@H]1C[C@@H]1COCc1ccccc1. The third-order valence-electron chi connectivity index (χ3n) is 2.28. The van der Waals surface area contributed by atoms with Crippen LogP contribution in [0.2, 0.25) is 0 Å². The average molecular weight is 288 g/mol. The van der Waals surface area contributed by atoms with Crippen molar-refractivity contribution in [1.29, 1.82) is 0 Å². The molecule has 1 fully saturated rings. The maximum atomic E-state index is 5.61. The molecule has 2 atom stereocenters. The van der Waals surface area contributed by atoms with E-state index >= 15 is 0 Å².